The van der Waals surface area contributed by atoms with Crippen molar-refractivity contribution in [2.45, 2.75) is 13.8 Å². The summed E-state index contributed by atoms with van der Waals surface area (Å²) in [4.78, 5) is 18.2. The Kier molecular flexibility index (Phi) is 5.42. The Bertz CT molecular complexity index is 1250. The lowest BCUT2D eigenvalue weighted by Crippen LogP contribution is -2.14. The number of amides is 1. The van der Waals surface area contributed by atoms with Crippen LogP contribution in [0.25, 0.3) is 22.2 Å². The van der Waals surface area contributed by atoms with E-state index in [0.29, 0.717) is 22.0 Å². The van der Waals surface area contributed by atoms with Crippen molar-refractivity contribution in [3.63, 3.8) is 0 Å². The summed E-state index contributed by atoms with van der Waals surface area (Å²) in [5.74, 6) is 0.390. The average molecular weight is 417 g/mol. The molecule has 1 heterocycles. The number of carbonyl (C=O) groups excluding carboxylic acids is 1. The molecule has 3 aromatic carbocycles. The van der Waals surface area contributed by atoms with Crippen molar-refractivity contribution in [2.24, 2.45) is 0 Å². The molecular formula is C25H21ClN2O2. The number of fused-ring (bicyclic) bond motifs is 1. The Balaban J connectivity index is 1.88. The molecule has 4 rings (SSSR count). The number of ether oxygens (including phenoxy) is 1. The summed E-state index contributed by atoms with van der Waals surface area (Å²) in [5.41, 5.74) is 5.69. The van der Waals surface area contributed by atoms with Crippen molar-refractivity contribution >= 4 is 34.1 Å². The minimum atomic E-state index is -0.216. The van der Waals surface area contributed by atoms with Gasteiger partial charge in [0.25, 0.3) is 5.91 Å². The normalized spacial score (nSPS) is 10.8. The molecule has 0 saturated heterocycles. The fourth-order valence-corrected chi connectivity index (χ4v) is 3.70. The second-order valence-corrected chi connectivity index (χ2v) is 7.63. The van der Waals surface area contributed by atoms with E-state index in [1.165, 1.54) is 0 Å². The number of nitrogens with zero attached hydrogens (tertiary/aromatic N) is 1. The number of methoxy groups -OCH3 is 1. The summed E-state index contributed by atoms with van der Waals surface area (Å²) >= 11 is 6.04. The maximum absolute atomic E-state index is 13.3. The standard InChI is InChI=1S/C25H21ClN2O2/c1-15-12-16(2)24-19(13-15)20(14-22(27-24)17-8-10-18(26)11-9-17)25(29)28-21-6-4-5-7-23(21)30-3/h4-14H,1-3H3,(H,28,29). The van der Waals surface area contributed by atoms with Crippen LogP contribution < -0.4 is 10.1 Å². The maximum Gasteiger partial charge on any atom is 0.256 e. The summed E-state index contributed by atoms with van der Waals surface area (Å²) in [5, 5.41) is 4.45. The molecule has 0 atom stereocenters. The van der Waals surface area contributed by atoms with Crippen LogP contribution in [0.5, 0.6) is 5.75 Å². The highest BCUT2D eigenvalue weighted by molar-refractivity contribution is 6.30. The van der Waals surface area contributed by atoms with Gasteiger partial charge in [-0.15, -0.1) is 0 Å². The van der Waals surface area contributed by atoms with Gasteiger partial charge in [0.15, 0.2) is 0 Å². The zero-order valence-electron chi connectivity index (χ0n) is 17.0. The van der Waals surface area contributed by atoms with Crippen LogP contribution in [0, 0.1) is 13.8 Å². The van der Waals surface area contributed by atoms with Crippen LogP contribution in [0.4, 0.5) is 5.69 Å². The summed E-state index contributed by atoms with van der Waals surface area (Å²) < 4.78 is 5.37. The number of pyridine rings is 1. The highest BCUT2D eigenvalue weighted by atomic mass is 35.5. The van der Waals surface area contributed by atoms with Crippen molar-refractivity contribution < 1.29 is 9.53 Å². The van der Waals surface area contributed by atoms with Crippen LogP contribution in [0.1, 0.15) is 21.5 Å². The fourth-order valence-electron chi connectivity index (χ4n) is 3.57. The van der Waals surface area contributed by atoms with E-state index in [9.17, 15) is 4.79 Å². The van der Waals surface area contributed by atoms with Crippen LogP contribution >= 0.6 is 11.6 Å². The largest absolute Gasteiger partial charge is 0.495 e. The summed E-state index contributed by atoms with van der Waals surface area (Å²) in [6.45, 7) is 4.03. The minimum absolute atomic E-state index is 0.216. The molecule has 1 aromatic heterocycles. The third kappa shape index (κ3) is 3.87. The number of aryl methyl sites for hydroxylation is 2. The molecule has 1 N–H and O–H groups in total. The molecular weight excluding hydrogens is 396 g/mol. The Morgan fingerprint density at radius 2 is 1.73 bits per heavy atom. The zero-order valence-corrected chi connectivity index (χ0v) is 17.7. The number of nitrogens with one attached hydrogen (secondary N) is 1. The van der Waals surface area contributed by atoms with Gasteiger partial charge in [-0.05, 0) is 55.8 Å². The third-order valence-corrected chi connectivity index (χ3v) is 5.24. The number of hydrogen-bond donors (Lipinski definition) is 1. The quantitative estimate of drug-likeness (QED) is 0.417. The Labute approximate surface area is 180 Å². The van der Waals surface area contributed by atoms with E-state index in [1.54, 1.807) is 7.11 Å². The molecule has 4 nitrogen and oxygen atoms in total. The lowest BCUT2D eigenvalue weighted by atomic mass is 9.99. The highest BCUT2D eigenvalue weighted by Gasteiger charge is 2.17. The van der Waals surface area contributed by atoms with Gasteiger partial charge in [-0.25, -0.2) is 4.98 Å². The lowest BCUT2D eigenvalue weighted by molar-refractivity contribution is 0.102. The summed E-state index contributed by atoms with van der Waals surface area (Å²) in [7, 11) is 1.58. The topological polar surface area (TPSA) is 51.2 Å². The predicted molar refractivity (Wildman–Crippen MR) is 123 cm³/mol. The summed E-state index contributed by atoms with van der Waals surface area (Å²) in [6.07, 6.45) is 0. The molecule has 4 aromatic rings. The second kappa shape index (κ2) is 8.17. The molecule has 0 saturated carbocycles. The molecule has 0 aliphatic rings. The van der Waals surface area contributed by atoms with Gasteiger partial charge in [0.1, 0.15) is 5.75 Å². The van der Waals surface area contributed by atoms with E-state index in [4.69, 9.17) is 21.3 Å². The first-order valence-electron chi connectivity index (χ1n) is 9.58. The molecule has 0 spiro atoms. The van der Waals surface area contributed by atoms with Gasteiger partial charge >= 0.3 is 0 Å². The molecule has 150 valence electrons. The predicted octanol–water partition coefficient (Wildman–Crippen LogP) is 6.43. The molecule has 5 heteroatoms. The van der Waals surface area contributed by atoms with E-state index in [0.717, 1.165) is 33.3 Å². The van der Waals surface area contributed by atoms with E-state index in [1.807, 2.05) is 74.5 Å². The van der Waals surface area contributed by atoms with Gasteiger partial charge in [0.05, 0.1) is 29.6 Å². The van der Waals surface area contributed by atoms with Crippen LogP contribution in [0.3, 0.4) is 0 Å². The van der Waals surface area contributed by atoms with Crippen molar-refractivity contribution in [1.29, 1.82) is 0 Å². The van der Waals surface area contributed by atoms with Crippen LogP contribution in [0.2, 0.25) is 5.02 Å². The lowest BCUT2D eigenvalue weighted by Gasteiger charge is -2.14. The van der Waals surface area contributed by atoms with Gasteiger partial charge in [0, 0.05) is 16.0 Å². The minimum Gasteiger partial charge on any atom is -0.495 e. The van der Waals surface area contributed by atoms with Crippen molar-refractivity contribution in [3.05, 3.63) is 88.4 Å². The van der Waals surface area contributed by atoms with Crippen molar-refractivity contribution in [1.82, 2.24) is 4.98 Å². The number of anilines is 1. The van der Waals surface area contributed by atoms with Gasteiger partial charge in [-0.3, -0.25) is 4.79 Å². The fraction of sp³-hybridized carbons (Fsp3) is 0.120. The molecule has 0 aliphatic carbocycles. The van der Waals surface area contributed by atoms with Crippen LogP contribution in [-0.2, 0) is 0 Å². The molecule has 0 radical (unpaired) electrons. The number of aromatic nitrogens is 1. The maximum atomic E-state index is 13.3. The number of benzene rings is 3. The molecule has 0 fully saturated rings. The first-order chi connectivity index (χ1) is 14.5. The number of rotatable bonds is 4. The first kappa shape index (κ1) is 19.9. The Morgan fingerprint density at radius 3 is 2.47 bits per heavy atom. The van der Waals surface area contributed by atoms with Crippen LogP contribution in [0.15, 0.2) is 66.7 Å². The highest BCUT2D eigenvalue weighted by Crippen LogP contribution is 2.30. The van der Waals surface area contributed by atoms with E-state index >= 15 is 0 Å². The van der Waals surface area contributed by atoms with E-state index < -0.39 is 0 Å². The zero-order chi connectivity index (χ0) is 21.3. The SMILES string of the molecule is COc1ccccc1NC(=O)c1cc(-c2ccc(Cl)cc2)nc2c(C)cc(C)cc12. The van der Waals surface area contributed by atoms with E-state index in [2.05, 4.69) is 11.4 Å². The molecule has 0 bridgehead atoms. The van der Waals surface area contributed by atoms with Crippen molar-refractivity contribution in [3.8, 4) is 17.0 Å². The molecule has 30 heavy (non-hydrogen) atoms. The number of hydrogen-bond acceptors (Lipinski definition) is 3. The number of para-hydroxylation sites is 2. The average Bonchev–Trinajstić information content (AvgIpc) is 2.74. The smallest absolute Gasteiger partial charge is 0.256 e. The monoisotopic (exact) mass is 416 g/mol. The molecule has 0 unspecified atom stereocenters. The second-order valence-electron chi connectivity index (χ2n) is 7.19. The number of halogens is 1. The first-order valence-corrected chi connectivity index (χ1v) is 9.96. The molecule has 0 aliphatic heterocycles. The van der Waals surface area contributed by atoms with Gasteiger partial charge < -0.3 is 10.1 Å². The van der Waals surface area contributed by atoms with E-state index in [-0.39, 0.29) is 5.91 Å². The van der Waals surface area contributed by atoms with Crippen LogP contribution in [-0.4, -0.2) is 18.0 Å². The van der Waals surface area contributed by atoms with Gasteiger partial charge in [-0.2, -0.15) is 0 Å². The third-order valence-electron chi connectivity index (χ3n) is 4.99. The Morgan fingerprint density at radius 1 is 1.00 bits per heavy atom. The molecule has 1 amide bonds. The Hall–Kier alpha value is -3.37. The summed E-state index contributed by atoms with van der Waals surface area (Å²) in [6, 6.07) is 20.7. The van der Waals surface area contributed by atoms with Crippen molar-refractivity contribution in [2.75, 3.05) is 12.4 Å². The van der Waals surface area contributed by atoms with Gasteiger partial charge in [0.2, 0.25) is 0 Å². The van der Waals surface area contributed by atoms with Gasteiger partial charge in [-0.1, -0.05) is 47.5 Å². The number of carbonyl (C=O) groups is 1.